The van der Waals surface area contributed by atoms with Gasteiger partial charge in [-0.2, -0.15) is 4.98 Å². The Balaban J connectivity index is 1.55. The molecule has 6 nitrogen and oxygen atoms in total. The molecule has 3 heterocycles. The standard InChI is InChI=1S/C18H19N5OS/c1-11-10-12(2)23-17(19-11)20-18(21-23)25-13(3)16(24)22-9-8-14-6-4-5-7-15(14)22/h4-7,10,13H,8-9H2,1-3H3/t13-/m0/s1. The van der Waals surface area contributed by atoms with Gasteiger partial charge < -0.3 is 4.90 Å². The van der Waals surface area contributed by atoms with Gasteiger partial charge in [-0.15, -0.1) is 5.10 Å². The molecule has 128 valence electrons. The highest BCUT2D eigenvalue weighted by atomic mass is 32.2. The largest absolute Gasteiger partial charge is 0.311 e. The molecule has 0 saturated carbocycles. The first-order valence-electron chi connectivity index (χ1n) is 8.30. The average Bonchev–Trinajstić information content (AvgIpc) is 3.18. The number of benzene rings is 1. The van der Waals surface area contributed by atoms with E-state index in [1.165, 1.54) is 17.3 Å². The second-order valence-electron chi connectivity index (χ2n) is 6.27. The van der Waals surface area contributed by atoms with Crippen molar-refractivity contribution in [2.24, 2.45) is 0 Å². The third-order valence-corrected chi connectivity index (χ3v) is 5.32. The van der Waals surface area contributed by atoms with Gasteiger partial charge in [0.15, 0.2) is 0 Å². The van der Waals surface area contributed by atoms with Crippen molar-refractivity contribution >= 4 is 29.1 Å². The molecule has 1 amide bonds. The summed E-state index contributed by atoms with van der Waals surface area (Å²) in [6, 6.07) is 10.1. The minimum atomic E-state index is -0.259. The van der Waals surface area contributed by atoms with Gasteiger partial charge >= 0.3 is 0 Å². The number of rotatable bonds is 3. The van der Waals surface area contributed by atoms with Gasteiger partial charge in [-0.05, 0) is 44.9 Å². The SMILES string of the molecule is Cc1cc(C)n2nc(S[C@@H](C)C(=O)N3CCc4ccccc43)nc2n1. The first-order chi connectivity index (χ1) is 12.0. The molecule has 4 rings (SSSR count). The highest BCUT2D eigenvalue weighted by molar-refractivity contribution is 8.00. The Morgan fingerprint density at radius 1 is 1.24 bits per heavy atom. The van der Waals surface area contributed by atoms with Crippen molar-refractivity contribution in [3.63, 3.8) is 0 Å². The fourth-order valence-corrected chi connectivity index (χ4v) is 4.00. The number of hydrogen-bond donors (Lipinski definition) is 0. The molecule has 1 atom stereocenters. The lowest BCUT2D eigenvalue weighted by Crippen LogP contribution is -2.35. The van der Waals surface area contributed by atoms with Crippen LogP contribution in [0.15, 0.2) is 35.5 Å². The van der Waals surface area contributed by atoms with Crippen molar-refractivity contribution in [3.8, 4) is 0 Å². The molecule has 0 bridgehead atoms. The highest BCUT2D eigenvalue weighted by Gasteiger charge is 2.29. The summed E-state index contributed by atoms with van der Waals surface area (Å²) in [7, 11) is 0. The van der Waals surface area contributed by atoms with Crippen LogP contribution >= 0.6 is 11.8 Å². The number of amides is 1. The average molecular weight is 353 g/mol. The van der Waals surface area contributed by atoms with E-state index in [0.29, 0.717) is 10.9 Å². The predicted molar refractivity (Wildman–Crippen MR) is 98.1 cm³/mol. The van der Waals surface area contributed by atoms with Gasteiger partial charge in [-0.25, -0.2) is 9.50 Å². The Morgan fingerprint density at radius 2 is 2.04 bits per heavy atom. The van der Waals surface area contributed by atoms with Crippen molar-refractivity contribution in [1.29, 1.82) is 0 Å². The van der Waals surface area contributed by atoms with Gasteiger partial charge in [0, 0.05) is 23.6 Å². The van der Waals surface area contributed by atoms with Crippen molar-refractivity contribution in [2.45, 2.75) is 37.6 Å². The summed E-state index contributed by atoms with van der Waals surface area (Å²) in [5, 5.41) is 4.80. The van der Waals surface area contributed by atoms with Crippen LogP contribution in [0.4, 0.5) is 5.69 Å². The van der Waals surface area contributed by atoms with Gasteiger partial charge in [0.05, 0.1) is 5.25 Å². The van der Waals surface area contributed by atoms with E-state index >= 15 is 0 Å². The number of fused-ring (bicyclic) bond motifs is 2. The molecular weight excluding hydrogens is 334 g/mol. The van der Waals surface area contributed by atoms with Crippen LogP contribution in [0.25, 0.3) is 5.78 Å². The third-order valence-electron chi connectivity index (χ3n) is 4.38. The maximum absolute atomic E-state index is 12.9. The summed E-state index contributed by atoms with van der Waals surface area (Å²) >= 11 is 1.38. The Labute approximate surface area is 150 Å². The minimum absolute atomic E-state index is 0.0923. The molecule has 1 aromatic carbocycles. The number of aromatic nitrogens is 4. The fourth-order valence-electron chi connectivity index (χ4n) is 3.19. The molecule has 0 saturated heterocycles. The van der Waals surface area contributed by atoms with Crippen molar-refractivity contribution in [2.75, 3.05) is 11.4 Å². The summed E-state index contributed by atoms with van der Waals surface area (Å²) in [6.45, 7) is 6.55. The number of thioether (sulfide) groups is 1. The zero-order valence-corrected chi connectivity index (χ0v) is 15.2. The number of carbonyl (C=O) groups is 1. The van der Waals surface area contributed by atoms with E-state index in [-0.39, 0.29) is 11.2 Å². The molecule has 0 radical (unpaired) electrons. The number of hydrogen-bond acceptors (Lipinski definition) is 5. The summed E-state index contributed by atoms with van der Waals surface area (Å²) in [5.41, 5.74) is 4.14. The zero-order chi connectivity index (χ0) is 17.6. The molecule has 0 unspecified atom stereocenters. The molecule has 25 heavy (non-hydrogen) atoms. The summed E-state index contributed by atoms with van der Waals surface area (Å²) in [5.74, 6) is 0.667. The van der Waals surface area contributed by atoms with Crippen LogP contribution in [-0.2, 0) is 11.2 Å². The molecule has 1 aliphatic rings. The Morgan fingerprint density at radius 3 is 2.88 bits per heavy atom. The molecule has 3 aromatic rings. The van der Waals surface area contributed by atoms with Gasteiger partial charge in [0.2, 0.25) is 11.1 Å². The fraction of sp³-hybridized carbons (Fsp3) is 0.333. The first kappa shape index (κ1) is 16.1. The quantitative estimate of drug-likeness (QED) is 0.678. The van der Waals surface area contributed by atoms with Crippen molar-refractivity contribution in [3.05, 3.63) is 47.3 Å². The second-order valence-corrected chi connectivity index (χ2v) is 7.58. The van der Waals surface area contributed by atoms with E-state index in [1.807, 2.05) is 49.9 Å². The molecule has 2 aromatic heterocycles. The molecule has 0 fully saturated rings. The van der Waals surface area contributed by atoms with E-state index in [2.05, 4.69) is 21.1 Å². The van der Waals surface area contributed by atoms with Crippen molar-refractivity contribution in [1.82, 2.24) is 19.6 Å². The number of anilines is 1. The molecule has 0 N–H and O–H groups in total. The second kappa shape index (κ2) is 6.15. The van der Waals surface area contributed by atoms with E-state index in [1.54, 1.807) is 4.52 Å². The monoisotopic (exact) mass is 353 g/mol. The third kappa shape index (κ3) is 2.89. The summed E-state index contributed by atoms with van der Waals surface area (Å²) in [6.07, 6.45) is 0.911. The lowest BCUT2D eigenvalue weighted by Gasteiger charge is -2.20. The topological polar surface area (TPSA) is 63.4 Å². The summed E-state index contributed by atoms with van der Waals surface area (Å²) < 4.78 is 1.72. The van der Waals surface area contributed by atoms with Gasteiger partial charge in [0.25, 0.3) is 5.78 Å². The molecular formula is C18H19N5OS. The Hall–Kier alpha value is -2.41. The number of para-hydroxylation sites is 1. The Bertz CT molecular complexity index is 967. The van der Waals surface area contributed by atoms with E-state index < -0.39 is 0 Å². The molecule has 0 aliphatic carbocycles. The molecule has 1 aliphatic heterocycles. The smallest absolute Gasteiger partial charge is 0.253 e. The van der Waals surface area contributed by atoms with E-state index in [4.69, 9.17) is 0 Å². The van der Waals surface area contributed by atoms with Gasteiger partial charge in [0.1, 0.15) is 0 Å². The normalized spacial score (nSPS) is 14.8. The van der Waals surface area contributed by atoms with Crippen molar-refractivity contribution < 1.29 is 4.79 Å². The number of nitrogens with zero attached hydrogens (tertiary/aromatic N) is 5. The molecule has 0 spiro atoms. The maximum atomic E-state index is 12.9. The van der Waals surface area contributed by atoms with E-state index in [0.717, 1.165) is 30.0 Å². The minimum Gasteiger partial charge on any atom is -0.311 e. The van der Waals surface area contributed by atoms with Crippen LogP contribution in [-0.4, -0.2) is 37.3 Å². The summed E-state index contributed by atoms with van der Waals surface area (Å²) in [4.78, 5) is 23.6. The van der Waals surface area contributed by atoms with Gasteiger partial charge in [-0.1, -0.05) is 30.0 Å². The van der Waals surface area contributed by atoms with E-state index in [9.17, 15) is 4.79 Å². The molecule has 7 heteroatoms. The lowest BCUT2D eigenvalue weighted by molar-refractivity contribution is -0.117. The van der Waals surface area contributed by atoms with Crippen LogP contribution in [0, 0.1) is 13.8 Å². The first-order valence-corrected chi connectivity index (χ1v) is 9.18. The zero-order valence-electron chi connectivity index (χ0n) is 14.4. The highest BCUT2D eigenvalue weighted by Crippen LogP contribution is 2.30. The van der Waals surface area contributed by atoms with Gasteiger partial charge in [-0.3, -0.25) is 4.79 Å². The lowest BCUT2D eigenvalue weighted by atomic mass is 10.2. The van der Waals surface area contributed by atoms with Crippen LogP contribution in [0.3, 0.4) is 0 Å². The van der Waals surface area contributed by atoms with Crippen LogP contribution in [0.5, 0.6) is 0 Å². The van der Waals surface area contributed by atoms with Crippen LogP contribution in [0.2, 0.25) is 0 Å². The number of carbonyl (C=O) groups excluding carboxylic acids is 1. The Kier molecular flexibility index (Phi) is 3.95. The predicted octanol–water partition coefficient (Wildman–Crippen LogP) is 2.81. The number of aryl methyl sites for hydroxylation is 2. The van der Waals surface area contributed by atoms with Crippen LogP contribution in [0.1, 0.15) is 23.9 Å². The van der Waals surface area contributed by atoms with Crippen LogP contribution < -0.4 is 4.90 Å². The maximum Gasteiger partial charge on any atom is 0.253 e.